The summed E-state index contributed by atoms with van der Waals surface area (Å²) in [5.74, 6) is 0.886. The lowest BCUT2D eigenvalue weighted by molar-refractivity contribution is 0.594. The number of rotatable bonds is 4. The molecule has 0 bridgehead atoms. The van der Waals surface area contributed by atoms with E-state index in [9.17, 15) is 8.42 Å². The molecule has 0 unspecified atom stereocenters. The Kier molecular flexibility index (Phi) is 3.77. The largest absolute Gasteiger partial charge is 0.219 e. The minimum Gasteiger partial charge on any atom is -0.219 e. The smallest absolute Gasteiger partial charge is 0.196 e. The Morgan fingerprint density at radius 3 is 2.07 bits per heavy atom. The van der Waals surface area contributed by atoms with Crippen LogP contribution in [0, 0.1) is 11.8 Å². The Morgan fingerprint density at radius 1 is 1.07 bits per heavy atom. The van der Waals surface area contributed by atoms with Crippen molar-refractivity contribution in [3.63, 3.8) is 0 Å². The maximum absolute atomic E-state index is 11.7. The molecule has 0 aromatic rings. The standard InChI is InChI=1S/C12H20O2S/c1-9(2)7-11-5-6-15(13,14)12(11)8-10(3)4/h5-6,9-10H,7-8H2,1-4H3. The van der Waals surface area contributed by atoms with Crippen LogP contribution in [0.25, 0.3) is 0 Å². The minimum absolute atomic E-state index is 0.386. The molecule has 0 N–H and O–H groups in total. The molecule has 0 aromatic heterocycles. The third-order valence-corrected chi connectivity index (χ3v) is 3.98. The molecule has 0 amide bonds. The van der Waals surface area contributed by atoms with Gasteiger partial charge in [-0.3, -0.25) is 0 Å². The zero-order valence-corrected chi connectivity index (χ0v) is 10.8. The Morgan fingerprint density at radius 2 is 1.60 bits per heavy atom. The van der Waals surface area contributed by atoms with E-state index in [-0.39, 0.29) is 0 Å². The van der Waals surface area contributed by atoms with Crippen molar-refractivity contribution in [3.8, 4) is 0 Å². The van der Waals surface area contributed by atoms with Crippen LogP contribution in [0.1, 0.15) is 40.5 Å². The van der Waals surface area contributed by atoms with Gasteiger partial charge in [-0.15, -0.1) is 0 Å². The maximum atomic E-state index is 11.7. The van der Waals surface area contributed by atoms with Crippen molar-refractivity contribution in [1.29, 1.82) is 0 Å². The number of hydrogen-bond acceptors (Lipinski definition) is 2. The summed E-state index contributed by atoms with van der Waals surface area (Å²) < 4.78 is 23.5. The average molecular weight is 228 g/mol. The number of allylic oxidation sites excluding steroid dienone is 3. The highest BCUT2D eigenvalue weighted by molar-refractivity contribution is 7.98. The second-order valence-electron chi connectivity index (χ2n) is 4.99. The van der Waals surface area contributed by atoms with Gasteiger partial charge in [0.25, 0.3) is 0 Å². The van der Waals surface area contributed by atoms with Crippen LogP contribution in [-0.4, -0.2) is 8.42 Å². The molecule has 0 saturated carbocycles. The monoisotopic (exact) mass is 228 g/mol. The van der Waals surface area contributed by atoms with E-state index in [0.29, 0.717) is 23.2 Å². The average Bonchev–Trinajstić information content (AvgIpc) is 2.30. The second-order valence-corrected chi connectivity index (χ2v) is 6.85. The first-order valence-electron chi connectivity index (χ1n) is 5.48. The van der Waals surface area contributed by atoms with Crippen LogP contribution < -0.4 is 0 Å². The molecular formula is C12H20O2S. The van der Waals surface area contributed by atoms with E-state index in [0.717, 1.165) is 12.0 Å². The Balaban J connectivity index is 3.00. The van der Waals surface area contributed by atoms with Gasteiger partial charge in [0.2, 0.25) is 0 Å². The van der Waals surface area contributed by atoms with Crippen molar-refractivity contribution in [2.24, 2.45) is 11.8 Å². The van der Waals surface area contributed by atoms with Gasteiger partial charge in [0.05, 0.1) is 4.91 Å². The van der Waals surface area contributed by atoms with Gasteiger partial charge >= 0.3 is 0 Å². The first-order valence-corrected chi connectivity index (χ1v) is 7.02. The second kappa shape index (κ2) is 4.52. The topological polar surface area (TPSA) is 34.1 Å². The molecule has 86 valence electrons. The highest BCUT2D eigenvalue weighted by Crippen LogP contribution is 2.32. The Labute approximate surface area is 93.0 Å². The van der Waals surface area contributed by atoms with E-state index in [2.05, 4.69) is 13.8 Å². The van der Waals surface area contributed by atoms with Gasteiger partial charge < -0.3 is 0 Å². The van der Waals surface area contributed by atoms with Gasteiger partial charge in [-0.05, 0) is 36.3 Å². The van der Waals surface area contributed by atoms with Crippen LogP contribution in [0.2, 0.25) is 0 Å². The highest BCUT2D eigenvalue weighted by Gasteiger charge is 2.24. The lowest BCUT2D eigenvalue weighted by Crippen LogP contribution is -2.03. The quantitative estimate of drug-likeness (QED) is 0.740. The highest BCUT2D eigenvalue weighted by atomic mass is 32.2. The number of sulfone groups is 1. The van der Waals surface area contributed by atoms with Crippen LogP contribution in [0.4, 0.5) is 0 Å². The third-order valence-electron chi connectivity index (χ3n) is 2.37. The molecule has 1 rings (SSSR count). The zero-order chi connectivity index (χ0) is 11.6. The molecule has 0 radical (unpaired) electrons. The van der Waals surface area contributed by atoms with Crippen LogP contribution in [0.5, 0.6) is 0 Å². The summed E-state index contributed by atoms with van der Waals surface area (Å²) in [6.45, 7) is 8.32. The van der Waals surface area contributed by atoms with E-state index in [1.165, 1.54) is 5.41 Å². The predicted octanol–water partition coefficient (Wildman–Crippen LogP) is 3.27. The van der Waals surface area contributed by atoms with E-state index in [1.54, 1.807) is 6.08 Å². The molecule has 1 aliphatic heterocycles. The molecule has 0 saturated heterocycles. The van der Waals surface area contributed by atoms with Gasteiger partial charge in [0.15, 0.2) is 9.84 Å². The van der Waals surface area contributed by atoms with E-state index < -0.39 is 9.84 Å². The molecule has 3 heteroatoms. The lowest BCUT2D eigenvalue weighted by atomic mass is 10.00. The summed E-state index contributed by atoms with van der Waals surface area (Å²) in [4.78, 5) is 0.645. The Hall–Kier alpha value is -0.570. The van der Waals surface area contributed by atoms with Gasteiger partial charge in [0.1, 0.15) is 0 Å². The molecule has 1 heterocycles. The van der Waals surface area contributed by atoms with Crippen molar-refractivity contribution in [2.75, 3.05) is 0 Å². The first kappa shape index (κ1) is 12.5. The van der Waals surface area contributed by atoms with Gasteiger partial charge in [-0.25, -0.2) is 8.42 Å². The van der Waals surface area contributed by atoms with Crippen molar-refractivity contribution < 1.29 is 8.42 Å². The fraction of sp³-hybridized carbons (Fsp3) is 0.667. The normalized spacial score (nSPS) is 19.6. The SMILES string of the molecule is CC(C)CC1=C(CC(C)C)S(=O)(=O)C=C1. The molecule has 0 fully saturated rings. The fourth-order valence-corrected chi connectivity index (χ4v) is 3.36. The molecule has 1 aliphatic rings. The lowest BCUT2D eigenvalue weighted by Gasteiger charge is -2.10. The summed E-state index contributed by atoms with van der Waals surface area (Å²) in [5, 5.41) is 1.35. The minimum atomic E-state index is -3.08. The molecule has 2 nitrogen and oxygen atoms in total. The van der Waals surface area contributed by atoms with E-state index >= 15 is 0 Å². The molecular weight excluding hydrogens is 208 g/mol. The summed E-state index contributed by atoms with van der Waals surface area (Å²) in [6.07, 6.45) is 3.29. The van der Waals surface area contributed by atoms with Crippen LogP contribution in [0.15, 0.2) is 22.0 Å². The van der Waals surface area contributed by atoms with Crippen LogP contribution >= 0.6 is 0 Å². The van der Waals surface area contributed by atoms with Crippen molar-refractivity contribution >= 4 is 9.84 Å². The van der Waals surface area contributed by atoms with Gasteiger partial charge in [-0.1, -0.05) is 27.7 Å². The van der Waals surface area contributed by atoms with E-state index in [4.69, 9.17) is 0 Å². The van der Waals surface area contributed by atoms with Crippen molar-refractivity contribution in [3.05, 3.63) is 22.0 Å². The maximum Gasteiger partial charge on any atom is 0.196 e. The Bertz CT molecular complexity index is 384. The summed E-state index contributed by atoms with van der Waals surface area (Å²) in [5.41, 5.74) is 1.01. The summed E-state index contributed by atoms with van der Waals surface area (Å²) >= 11 is 0. The predicted molar refractivity (Wildman–Crippen MR) is 64.0 cm³/mol. The molecule has 0 aliphatic carbocycles. The molecule has 0 aromatic carbocycles. The number of hydrogen-bond donors (Lipinski definition) is 0. The summed E-state index contributed by atoms with van der Waals surface area (Å²) in [6, 6.07) is 0. The zero-order valence-electron chi connectivity index (χ0n) is 9.95. The molecule has 0 atom stereocenters. The van der Waals surface area contributed by atoms with E-state index in [1.807, 2.05) is 13.8 Å². The third kappa shape index (κ3) is 3.20. The van der Waals surface area contributed by atoms with Crippen molar-refractivity contribution in [2.45, 2.75) is 40.5 Å². The van der Waals surface area contributed by atoms with Gasteiger partial charge in [-0.2, -0.15) is 0 Å². The van der Waals surface area contributed by atoms with Crippen LogP contribution in [-0.2, 0) is 9.84 Å². The fourth-order valence-electron chi connectivity index (χ4n) is 1.77. The summed E-state index contributed by atoms with van der Waals surface area (Å²) in [7, 11) is -3.08. The molecule has 0 spiro atoms. The molecule has 15 heavy (non-hydrogen) atoms. The van der Waals surface area contributed by atoms with Gasteiger partial charge in [0, 0.05) is 5.41 Å². The first-order chi connectivity index (χ1) is 6.83. The van der Waals surface area contributed by atoms with Crippen LogP contribution in [0.3, 0.4) is 0 Å². The van der Waals surface area contributed by atoms with Crippen molar-refractivity contribution in [1.82, 2.24) is 0 Å².